The van der Waals surface area contributed by atoms with Gasteiger partial charge in [-0.2, -0.15) is 0 Å². The molecule has 3 nitrogen and oxygen atoms in total. The van der Waals surface area contributed by atoms with Gasteiger partial charge in [0.05, 0.1) is 11.2 Å². The Balaban J connectivity index is 1.59. The number of aryl methyl sites for hydroxylation is 2. The smallest absolute Gasteiger partial charge is 0.0798 e. The lowest BCUT2D eigenvalue weighted by Crippen LogP contribution is -2.35. The minimum Gasteiger partial charge on any atom is -0.298 e. The molecule has 3 heterocycles. The third-order valence-corrected chi connectivity index (χ3v) is 5.18. The molecule has 4 heteroatoms. The molecule has 0 unspecified atom stereocenters. The quantitative estimate of drug-likeness (QED) is 0.864. The number of piperidine rings is 1. The Hall–Kier alpha value is -1.26. The lowest BCUT2D eigenvalue weighted by molar-refractivity contribution is 0.167. The van der Waals surface area contributed by atoms with Crippen molar-refractivity contribution in [2.45, 2.75) is 39.7 Å². The maximum absolute atomic E-state index is 4.66. The van der Waals surface area contributed by atoms with E-state index in [1.807, 2.05) is 5.51 Å². The molecule has 0 spiro atoms. The van der Waals surface area contributed by atoms with Gasteiger partial charge in [-0.3, -0.25) is 9.88 Å². The van der Waals surface area contributed by atoms with Crippen LogP contribution in [0.3, 0.4) is 0 Å². The third-order valence-electron chi connectivity index (χ3n) is 4.26. The Bertz CT molecular complexity index is 593. The fourth-order valence-corrected chi connectivity index (χ4v) is 3.97. The number of thiazole rings is 1. The van der Waals surface area contributed by atoms with Crippen LogP contribution in [0.25, 0.3) is 0 Å². The summed E-state index contributed by atoms with van der Waals surface area (Å²) >= 11 is 1.79. The fourth-order valence-electron chi connectivity index (χ4n) is 3.15. The van der Waals surface area contributed by atoms with Gasteiger partial charge in [0.15, 0.2) is 0 Å². The van der Waals surface area contributed by atoms with Crippen LogP contribution in [0.5, 0.6) is 0 Å². The highest BCUT2D eigenvalue weighted by Crippen LogP contribution is 2.23. The predicted molar refractivity (Wildman–Crippen MR) is 87.5 cm³/mol. The van der Waals surface area contributed by atoms with Crippen LogP contribution in [0.15, 0.2) is 23.7 Å². The average Bonchev–Trinajstić information content (AvgIpc) is 2.85. The first-order chi connectivity index (χ1) is 10.2. The summed E-state index contributed by atoms with van der Waals surface area (Å²) in [5.41, 5.74) is 5.53. The Morgan fingerprint density at radius 1 is 1.33 bits per heavy atom. The molecule has 0 saturated carbocycles. The van der Waals surface area contributed by atoms with Crippen LogP contribution in [0.2, 0.25) is 0 Å². The Kier molecular flexibility index (Phi) is 4.66. The molecule has 21 heavy (non-hydrogen) atoms. The van der Waals surface area contributed by atoms with E-state index in [0.29, 0.717) is 0 Å². The monoisotopic (exact) mass is 301 g/mol. The Labute approximate surface area is 131 Å². The molecular formula is C17H23N3S. The second kappa shape index (κ2) is 6.67. The maximum Gasteiger partial charge on any atom is 0.0798 e. The number of rotatable bonds is 4. The second-order valence-corrected chi connectivity index (χ2v) is 7.02. The van der Waals surface area contributed by atoms with Gasteiger partial charge in [-0.05, 0) is 57.7 Å². The molecule has 0 radical (unpaired) electrons. The van der Waals surface area contributed by atoms with Gasteiger partial charge < -0.3 is 0 Å². The van der Waals surface area contributed by atoms with Gasteiger partial charge in [-0.25, -0.2) is 4.98 Å². The molecule has 0 amide bonds. The van der Waals surface area contributed by atoms with Gasteiger partial charge >= 0.3 is 0 Å². The van der Waals surface area contributed by atoms with Crippen LogP contribution in [0.4, 0.5) is 0 Å². The van der Waals surface area contributed by atoms with Gasteiger partial charge in [0.1, 0.15) is 0 Å². The van der Waals surface area contributed by atoms with Crippen LogP contribution >= 0.6 is 11.3 Å². The zero-order chi connectivity index (χ0) is 14.7. The summed E-state index contributed by atoms with van der Waals surface area (Å²) in [6.45, 7) is 7.66. The summed E-state index contributed by atoms with van der Waals surface area (Å²) in [5, 5.41) is 0. The van der Waals surface area contributed by atoms with E-state index < -0.39 is 0 Å². The van der Waals surface area contributed by atoms with Gasteiger partial charge in [-0.15, -0.1) is 11.3 Å². The number of likely N-dealkylation sites (tertiary alicyclic amines) is 1. The number of hydrogen-bond donors (Lipinski definition) is 0. The number of nitrogens with zero attached hydrogens (tertiary/aromatic N) is 3. The minimum absolute atomic E-state index is 0.737. The summed E-state index contributed by atoms with van der Waals surface area (Å²) in [4.78, 5) is 13.0. The molecule has 3 rings (SSSR count). The molecule has 0 N–H and O–H groups in total. The van der Waals surface area contributed by atoms with Crippen LogP contribution in [0.1, 0.15) is 34.8 Å². The van der Waals surface area contributed by atoms with E-state index >= 15 is 0 Å². The van der Waals surface area contributed by atoms with Gasteiger partial charge in [-0.1, -0.05) is 6.07 Å². The van der Waals surface area contributed by atoms with Crippen molar-refractivity contribution < 1.29 is 0 Å². The van der Waals surface area contributed by atoms with Gasteiger partial charge in [0.25, 0.3) is 0 Å². The SMILES string of the molecule is Cc1cccc(C[C@H]2CCCN(Cc3scnc3C)C2)n1. The summed E-state index contributed by atoms with van der Waals surface area (Å²) in [7, 11) is 0. The summed E-state index contributed by atoms with van der Waals surface area (Å²) < 4.78 is 0. The van der Waals surface area contributed by atoms with E-state index in [2.05, 4.69) is 46.9 Å². The molecule has 1 atom stereocenters. The van der Waals surface area contributed by atoms with Crippen LogP contribution in [0, 0.1) is 19.8 Å². The lowest BCUT2D eigenvalue weighted by Gasteiger charge is -2.32. The topological polar surface area (TPSA) is 29.0 Å². The summed E-state index contributed by atoms with van der Waals surface area (Å²) in [6, 6.07) is 6.36. The van der Waals surface area contributed by atoms with Crippen molar-refractivity contribution in [3.05, 3.63) is 45.7 Å². The highest BCUT2D eigenvalue weighted by atomic mass is 32.1. The molecule has 2 aromatic rings. The van der Waals surface area contributed by atoms with Crippen molar-refractivity contribution in [3.8, 4) is 0 Å². The van der Waals surface area contributed by atoms with Crippen molar-refractivity contribution in [1.29, 1.82) is 0 Å². The first-order valence-electron chi connectivity index (χ1n) is 7.74. The van der Waals surface area contributed by atoms with Crippen molar-refractivity contribution in [2.75, 3.05) is 13.1 Å². The number of aromatic nitrogens is 2. The third kappa shape index (κ3) is 3.89. The van der Waals surface area contributed by atoms with Crippen molar-refractivity contribution >= 4 is 11.3 Å². The molecule has 0 aliphatic carbocycles. The largest absolute Gasteiger partial charge is 0.298 e. The summed E-state index contributed by atoms with van der Waals surface area (Å²) in [6.07, 6.45) is 3.74. The van der Waals surface area contributed by atoms with Crippen LogP contribution < -0.4 is 0 Å². The standard InChI is InChI=1S/C17H23N3S/c1-13-5-3-7-16(19-13)9-15-6-4-8-20(10-15)11-17-14(2)18-12-21-17/h3,5,7,12,15H,4,6,8-11H2,1-2H3/t15-/m1/s1. The Morgan fingerprint density at radius 3 is 3.00 bits per heavy atom. The molecule has 1 aliphatic heterocycles. The number of pyridine rings is 1. The molecule has 2 aromatic heterocycles. The fraction of sp³-hybridized carbons (Fsp3) is 0.529. The van der Waals surface area contributed by atoms with E-state index in [4.69, 9.17) is 0 Å². The second-order valence-electron chi connectivity index (χ2n) is 6.08. The molecule has 0 aromatic carbocycles. The Morgan fingerprint density at radius 2 is 2.24 bits per heavy atom. The van der Waals surface area contributed by atoms with Crippen molar-refractivity contribution in [3.63, 3.8) is 0 Å². The maximum atomic E-state index is 4.66. The van der Waals surface area contributed by atoms with E-state index in [9.17, 15) is 0 Å². The zero-order valence-electron chi connectivity index (χ0n) is 12.9. The number of hydrogen-bond acceptors (Lipinski definition) is 4. The first kappa shape index (κ1) is 14.7. The highest BCUT2D eigenvalue weighted by Gasteiger charge is 2.21. The van der Waals surface area contributed by atoms with Gasteiger partial charge in [0.2, 0.25) is 0 Å². The highest BCUT2D eigenvalue weighted by molar-refractivity contribution is 7.09. The molecule has 1 aliphatic rings. The lowest BCUT2D eigenvalue weighted by atomic mass is 9.93. The molecule has 0 bridgehead atoms. The van der Waals surface area contributed by atoms with E-state index in [0.717, 1.165) is 24.6 Å². The normalized spacial score (nSPS) is 19.8. The van der Waals surface area contributed by atoms with Crippen molar-refractivity contribution in [1.82, 2.24) is 14.9 Å². The van der Waals surface area contributed by atoms with Crippen LogP contribution in [-0.4, -0.2) is 28.0 Å². The molecule has 1 fully saturated rings. The van der Waals surface area contributed by atoms with E-state index in [-0.39, 0.29) is 0 Å². The molecular weight excluding hydrogens is 278 g/mol. The average molecular weight is 301 g/mol. The van der Waals surface area contributed by atoms with Crippen molar-refractivity contribution in [2.24, 2.45) is 5.92 Å². The van der Waals surface area contributed by atoms with E-state index in [1.165, 1.54) is 42.2 Å². The van der Waals surface area contributed by atoms with Crippen LogP contribution in [-0.2, 0) is 13.0 Å². The van der Waals surface area contributed by atoms with Gasteiger partial charge in [0, 0.05) is 29.4 Å². The van der Waals surface area contributed by atoms with E-state index in [1.54, 1.807) is 11.3 Å². The predicted octanol–water partition coefficient (Wildman–Crippen LogP) is 3.61. The first-order valence-corrected chi connectivity index (χ1v) is 8.62. The zero-order valence-corrected chi connectivity index (χ0v) is 13.7. The molecule has 112 valence electrons. The summed E-state index contributed by atoms with van der Waals surface area (Å²) in [5.74, 6) is 0.737. The molecule has 1 saturated heterocycles. The minimum atomic E-state index is 0.737.